The van der Waals surface area contributed by atoms with Crippen molar-refractivity contribution in [2.75, 3.05) is 13.1 Å². The highest BCUT2D eigenvalue weighted by Gasteiger charge is 2.22. The van der Waals surface area contributed by atoms with Crippen LogP contribution in [0.25, 0.3) is 15.7 Å². The van der Waals surface area contributed by atoms with Gasteiger partial charge in [0.2, 0.25) is 5.91 Å². The molecule has 3 aromatic heterocycles. The molecule has 0 spiro atoms. The lowest BCUT2D eigenvalue weighted by Gasteiger charge is -2.30. The van der Waals surface area contributed by atoms with Crippen molar-refractivity contribution in [3.63, 3.8) is 0 Å². The van der Waals surface area contributed by atoms with Gasteiger partial charge in [-0.2, -0.15) is 5.10 Å². The number of hydrogen-bond donors (Lipinski definition) is 0. The van der Waals surface area contributed by atoms with E-state index < -0.39 is 0 Å². The van der Waals surface area contributed by atoms with Crippen LogP contribution in [-0.2, 0) is 11.3 Å². The van der Waals surface area contributed by atoms with Crippen LogP contribution >= 0.6 is 11.3 Å². The van der Waals surface area contributed by atoms with E-state index in [1.54, 1.807) is 22.1 Å². The van der Waals surface area contributed by atoms with E-state index in [-0.39, 0.29) is 18.0 Å². The molecule has 0 unspecified atom stereocenters. The Balaban J connectivity index is 1.65. The first kappa shape index (κ1) is 14.4. The van der Waals surface area contributed by atoms with E-state index in [2.05, 4.69) is 12.0 Å². The molecule has 0 saturated carbocycles. The molecule has 4 heterocycles. The van der Waals surface area contributed by atoms with Crippen molar-refractivity contribution in [2.45, 2.75) is 26.3 Å². The molecule has 0 aromatic carbocycles. The van der Waals surface area contributed by atoms with Crippen LogP contribution in [0.1, 0.15) is 19.8 Å². The molecule has 1 saturated heterocycles. The summed E-state index contributed by atoms with van der Waals surface area (Å²) in [5.74, 6) is 0.501. The third-order valence-electron chi connectivity index (χ3n) is 4.50. The highest BCUT2D eigenvalue weighted by Crippen LogP contribution is 2.23. The van der Waals surface area contributed by atoms with E-state index in [0.29, 0.717) is 11.4 Å². The van der Waals surface area contributed by atoms with Crippen molar-refractivity contribution in [3.8, 4) is 0 Å². The third kappa shape index (κ3) is 2.45. The quantitative estimate of drug-likeness (QED) is 0.722. The van der Waals surface area contributed by atoms with Gasteiger partial charge in [-0.25, -0.2) is 4.68 Å². The van der Waals surface area contributed by atoms with Crippen LogP contribution < -0.4 is 5.56 Å². The molecule has 1 aliphatic rings. The van der Waals surface area contributed by atoms with E-state index >= 15 is 0 Å². The summed E-state index contributed by atoms with van der Waals surface area (Å²) in [6.45, 7) is 3.72. The molecule has 120 valence electrons. The van der Waals surface area contributed by atoms with Crippen molar-refractivity contribution in [3.05, 3.63) is 34.2 Å². The minimum atomic E-state index is -0.214. The van der Waals surface area contributed by atoms with Gasteiger partial charge < -0.3 is 4.90 Å². The van der Waals surface area contributed by atoms with Crippen molar-refractivity contribution < 1.29 is 4.79 Å². The van der Waals surface area contributed by atoms with Crippen LogP contribution in [0.15, 0.2) is 28.6 Å². The van der Waals surface area contributed by atoms with E-state index in [0.717, 1.165) is 36.1 Å². The minimum absolute atomic E-state index is 0.0148. The fraction of sp³-hybridized carbons (Fsp3) is 0.438. The van der Waals surface area contributed by atoms with Gasteiger partial charge in [0.15, 0.2) is 0 Å². The van der Waals surface area contributed by atoms with Gasteiger partial charge in [0.25, 0.3) is 5.56 Å². The van der Waals surface area contributed by atoms with Gasteiger partial charge in [-0.15, -0.1) is 11.3 Å². The first-order valence-electron chi connectivity index (χ1n) is 7.85. The van der Waals surface area contributed by atoms with E-state index in [9.17, 15) is 9.59 Å². The maximum atomic E-state index is 12.6. The number of hydrogen-bond acceptors (Lipinski definition) is 4. The predicted molar refractivity (Wildman–Crippen MR) is 89.8 cm³/mol. The number of carbonyl (C=O) groups is 1. The maximum absolute atomic E-state index is 12.6. The maximum Gasteiger partial charge on any atom is 0.291 e. The summed E-state index contributed by atoms with van der Waals surface area (Å²) < 4.78 is 3.08. The predicted octanol–water partition coefficient (Wildman–Crippen LogP) is 1.97. The topological polar surface area (TPSA) is 59.6 Å². The van der Waals surface area contributed by atoms with Crippen LogP contribution in [0.3, 0.4) is 0 Å². The zero-order valence-electron chi connectivity index (χ0n) is 12.9. The molecule has 0 N–H and O–H groups in total. The molecular formula is C16H18N4O2S. The molecule has 23 heavy (non-hydrogen) atoms. The summed E-state index contributed by atoms with van der Waals surface area (Å²) in [5.41, 5.74) is 0.357. The summed E-state index contributed by atoms with van der Waals surface area (Å²) >= 11 is 1.57. The number of rotatable bonds is 2. The van der Waals surface area contributed by atoms with Crippen LogP contribution in [0.4, 0.5) is 0 Å². The standard InChI is InChI=1S/C16H18N4O2S/c1-11-3-2-5-18(8-11)14(21)9-20-15(22)13-7-12-4-6-23-16(12)19(13)10-17-20/h4,6-7,10-11H,2-3,5,8-9H2,1H3/t11-/m0/s1. The molecule has 6 nitrogen and oxygen atoms in total. The monoisotopic (exact) mass is 330 g/mol. The van der Waals surface area contributed by atoms with E-state index in [4.69, 9.17) is 0 Å². The number of nitrogens with zero attached hydrogens (tertiary/aromatic N) is 4. The molecule has 1 aliphatic heterocycles. The Morgan fingerprint density at radius 3 is 3.17 bits per heavy atom. The number of thiophene rings is 1. The molecule has 0 bridgehead atoms. The first-order chi connectivity index (χ1) is 11.1. The second kappa shape index (κ2) is 5.49. The highest BCUT2D eigenvalue weighted by molar-refractivity contribution is 7.16. The smallest absolute Gasteiger partial charge is 0.291 e. The number of piperidine rings is 1. The Labute approximate surface area is 136 Å². The molecule has 1 amide bonds. The Bertz CT molecular complexity index is 939. The van der Waals surface area contributed by atoms with Crippen LogP contribution in [0.2, 0.25) is 0 Å². The van der Waals surface area contributed by atoms with E-state index in [1.807, 2.05) is 22.4 Å². The molecule has 1 fully saturated rings. The lowest BCUT2D eigenvalue weighted by atomic mass is 10.0. The molecule has 0 radical (unpaired) electrons. The van der Waals surface area contributed by atoms with E-state index in [1.165, 1.54) is 4.68 Å². The van der Waals surface area contributed by atoms with Crippen molar-refractivity contribution in [1.82, 2.24) is 19.1 Å². The number of fused-ring (bicyclic) bond motifs is 3. The molecule has 1 atom stereocenters. The Morgan fingerprint density at radius 1 is 1.48 bits per heavy atom. The summed E-state index contributed by atoms with van der Waals surface area (Å²) in [6, 6.07) is 3.84. The Hall–Kier alpha value is -2.15. The van der Waals surface area contributed by atoms with Crippen molar-refractivity contribution in [1.29, 1.82) is 0 Å². The molecule has 0 aliphatic carbocycles. The zero-order chi connectivity index (χ0) is 16.0. The fourth-order valence-electron chi connectivity index (χ4n) is 3.28. The highest BCUT2D eigenvalue weighted by atomic mass is 32.1. The molecule has 4 rings (SSSR count). The summed E-state index contributed by atoms with van der Waals surface area (Å²) in [7, 11) is 0. The lowest BCUT2D eigenvalue weighted by molar-refractivity contribution is -0.133. The third-order valence-corrected chi connectivity index (χ3v) is 5.43. The second-order valence-corrected chi connectivity index (χ2v) is 7.16. The van der Waals surface area contributed by atoms with Crippen LogP contribution in [0.5, 0.6) is 0 Å². The Morgan fingerprint density at radius 2 is 2.35 bits per heavy atom. The minimum Gasteiger partial charge on any atom is -0.341 e. The van der Waals surface area contributed by atoms with Gasteiger partial charge in [-0.3, -0.25) is 14.0 Å². The average Bonchev–Trinajstić information content (AvgIpc) is 3.11. The summed E-state index contributed by atoms with van der Waals surface area (Å²) in [4.78, 5) is 27.9. The fourth-order valence-corrected chi connectivity index (χ4v) is 4.14. The number of aromatic nitrogens is 3. The normalized spacial score (nSPS) is 18.8. The van der Waals surface area contributed by atoms with Crippen molar-refractivity contribution in [2.24, 2.45) is 5.92 Å². The summed E-state index contributed by atoms with van der Waals surface area (Å²) in [6.07, 6.45) is 3.82. The molecule has 3 aromatic rings. The Kier molecular flexibility index (Phi) is 3.45. The second-order valence-electron chi connectivity index (χ2n) is 6.26. The summed E-state index contributed by atoms with van der Waals surface area (Å²) in [5, 5.41) is 7.21. The average molecular weight is 330 g/mol. The number of carbonyl (C=O) groups excluding carboxylic acids is 1. The lowest BCUT2D eigenvalue weighted by Crippen LogP contribution is -2.42. The number of amides is 1. The van der Waals surface area contributed by atoms with Gasteiger partial charge in [0, 0.05) is 18.5 Å². The van der Waals surface area contributed by atoms with Gasteiger partial charge in [-0.1, -0.05) is 6.92 Å². The molecular weight excluding hydrogens is 312 g/mol. The molecule has 7 heteroatoms. The van der Waals surface area contributed by atoms with Gasteiger partial charge >= 0.3 is 0 Å². The van der Waals surface area contributed by atoms with Crippen LogP contribution in [0, 0.1) is 5.92 Å². The number of likely N-dealkylation sites (tertiary alicyclic amines) is 1. The SMILES string of the molecule is C[C@H]1CCCN(C(=O)Cn2ncn3c(cc4ccsc43)c2=O)C1. The first-order valence-corrected chi connectivity index (χ1v) is 8.73. The van der Waals surface area contributed by atoms with Gasteiger partial charge in [0.05, 0.1) is 0 Å². The van der Waals surface area contributed by atoms with Crippen molar-refractivity contribution >= 4 is 33.0 Å². The zero-order valence-corrected chi connectivity index (χ0v) is 13.8. The van der Waals surface area contributed by atoms with Gasteiger partial charge in [-0.05, 0) is 36.3 Å². The largest absolute Gasteiger partial charge is 0.341 e. The van der Waals surface area contributed by atoms with Crippen LogP contribution in [-0.4, -0.2) is 38.1 Å². The van der Waals surface area contributed by atoms with Gasteiger partial charge in [0.1, 0.15) is 23.2 Å².